The quantitative estimate of drug-likeness (QED) is 0.652. The first kappa shape index (κ1) is 16.3. The zero-order valence-electron chi connectivity index (χ0n) is 14.1. The third-order valence-electron chi connectivity index (χ3n) is 4.75. The van der Waals surface area contributed by atoms with Crippen LogP contribution in [0.4, 0.5) is 0 Å². The van der Waals surface area contributed by atoms with Gasteiger partial charge in [-0.25, -0.2) is 4.99 Å². The average molecular weight is 349 g/mol. The van der Waals surface area contributed by atoms with E-state index in [1.54, 1.807) is 0 Å². The molecule has 0 bridgehead atoms. The van der Waals surface area contributed by atoms with Gasteiger partial charge in [-0.3, -0.25) is 4.99 Å². The van der Waals surface area contributed by atoms with E-state index in [0.717, 1.165) is 42.8 Å². The van der Waals surface area contributed by atoms with E-state index < -0.39 is 0 Å². The number of nitrogens with zero attached hydrogens (tertiary/aromatic N) is 2. The van der Waals surface area contributed by atoms with Gasteiger partial charge >= 0.3 is 0 Å². The Bertz CT molecular complexity index is 825. The molecule has 3 heteroatoms. The average Bonchev–Trinajstić information content (AvgIpc) is 2.69. The van der Waals surface area contributed by atoms with Crippen LogP contribution >= 0.6 is 11.6 Å². The Morgan fingerprint density at radius 1 is 1.08 bits per heavy atom. The summed E-state index contributed by atoms with van der Waals surface area (Å²) in [5.41, 5.74) is 4.77. The van der Waals surface area contributed by atoms with Crippen LogP contribution in [0, 0.1) is 0 Å². The number of hydrogen-bond donors (Lipinski definition) is 0. The fraction of sp³-hybridized carbons (Fsp3) is 0.273. The Kier molecular flexibility index (Phi) is 4.80. The third kappa shape index (κ3) is 3.74. The van der Waals surface area contributed by atoms with Gasteiger partial charge < -0.3 is 0 Å². The molecule has 1 aliphatic heterocycles. The maximum absolute atomic E-state index is 6.34. The Hall–Kier alpha value is -2.19. The van der Waals surface area contributed by atoms with Crippen molar-refractivity contribution in [1.82, 2.24) is 0 Å². The summed E-state index contributed by atoms with van der Waals surface area (Å²) in [6, 6.07) is 10.3. The van der Waals surface area contributed by atoms with Crippen molar-refractivity contribution in [3.63, 3.8) is 0 Å². The summed E-state index contributed by atoms with van der Waals surface area (Å²) in [4.78, 5) is 9.88. The first-order valence-corrected chi connectivity index (χ1v) is 9.32. The Morgan fingerprint density at radius 3 is 2.72 bits per heavy atom. The number of hydrogen-bond acceptors (Lipinski definition) is 2. The summed E-state index contributed by atoms with van der Waals surface area (Å²) < 4.78 is 0. The number of allylic oxidation sites excluding steroid dienone is 6. The number of halogens is 1. The highest BCUT2D eigenvalue weighted by molar-refractivity contribution is 6.22. The van der Waals surface area contributed by atoms with Gasteiger partial charge in [-0.15, -0.1) is 11.6 Å². The molecule has 0 fully saturated rings. The van der Waals surface area contributed by atoms with Gasteiger partial charge in [-0.1, -0.05) is 66.8 Å². The zero-order valence-corrected chi connectivity index (χ0v) is 14.9. The van der Waals surface area contributed by atoms with Gasteiger partial charge in [0.25, 0.3) is 0 Å². The third-order valence-corrected chi connectivity index (χ3v) is 5.06. The Morgan fingerprint density at radius 2 is 1.96 bits per heavy atom. The zero-order chi connectivity index (χ0) is 17.1. The first-order valence-electron chi connectivity index (χ1n) is 8.89. The minimum Gasteiger partial charge on any atom is -0.258 e. The minimum absolute atomic E-state index is 0.0644. The summed E-state index contributed by atoms with van der Waals surface area (Å²) in [6.07, 6.45) is 16.9. The molecule has 2 unspecified atom stereocenters. The van der Waals surface area contributed by atoms with Crippen LogP contribution in [0.25, 0.3) is 0 Å². The lowest BCUT2D eigenvalue weighted by Gasteiger charge is -2.25. The summed E-state index contributed by atoms with van der Waals surface area (Å²) >= 11 is 6.34. The van der Waals surface area contributed by atoms with Crippen molar-refractivity contribution in [1.29, 1.82) is 0 Å². The molecule has 126 valence electrons. The molecule has 0 amide bonds. The van der Waals surface area contributed by atoms with Gasteiger partial charge in [0.05, 0.1) is 11.4 Å². The van der Waals surface area contributed by atoms with Crippen molar-refractivity contribution in [2.45, 2.75) is 37.1 Å². The van der Waals surface area contributed by atoms with E-state index >= 15 is 0 Å². The minimum atomic E-state index is 0.0644. The monoisotopic (exact) mass is 348 g/mol. The maximum Gasteiger partial charge on any atom is 0.155 e. The standard InChI is InChI=1S/C22H21ClN2/c23-19-13-7-12-18(14-19)21-15-20(16-8-3-1-4-9-16)24-22(25-21)17-10-5-2-6-11-17/h1-3,5-8,10-12,14,19,21H,4,9,13,15H2. The Labute approximate surface area is 154 Å². The molecule has 0 radical (unpaired) electrons. The topological polar surface area (TPSA) is 24.7 Å². The van der Waals surface area contributed by atoms with Gasteiger partial charge in [0, 0.05) is 17.7 Å². The van der Waals surface area contributed by atoms with Gasteiger partial charge in [0.1, 0.15) is 0 Å². The van der Waals surface area contributed by atoms with Crippen molar-refractivity contribution in [3.8, 4) is 0 Å². The molecule has 0 saturated heterocycles. The molecule has 25 heavy (non-hydrogen) atoms. The van der Waals surface area contributed by atoms with E-state index in [-0.39, 0.29) is 11.4 Å². The summed E-state index contributed by atoms with van der Waals surface area (Å²) in [5.74, 6) is 0.827. The molecule has 3 aliphatic rings. The van der Waals surface area contributed by atoms with Gasteiger partial charge in [-0.05, 0) is 30.4 Å². The summed E-state index contributed by atoms with van der Waals surface area (Å²) in [7, 11) is 0. The molecule has 2 nitrogen and oxygen atoms in total. The number of aliphatic imine (C=N–C) groups is 2. The molecule has 4 rings (SSSR count). The van der Waals surface area contributed by atoms with E-state index in [0.29, 0.717) is 0 Å². The smallest absolute Gasteiger partial charge is 0.155 e. The van der Waals surface area contributed by atoms with Crippen molar-refractivity contribution < 1.29 is 0 Å². The number of alkyl halides is 1. The molecular formula is C22H21ClN2. The van der Waals surface area contributed by atoms with E-state index in [4.69, 9.17) is 21.6 Å². The second-order valence-electron chi connectivity index (χ2n) is 6.58. The van der Waals surface area contributed by atoms with Crippen LogP contribution in [-0.4, -0.2) is 23.0 Å². The van der Waals surface area contributed by atoms with Gasteiger partial charge in [0.2, 0.25) is 0 Å². The lowest BCUT2D eigenvalue weighted by atomic mass is 9.90. The van der Waals surface area contributed by atoms with E-state index in [2.05, 4.69) is 48.6 Å². The van der Waals surface area contributed by atoms with E-state index in [9.17, 15) is 0 Å². The molecule has 1 heterocycles. The number of benzene rings is 1. The normalized spacial score (nSPS) is 25.8. The molecule has 0 aromatic heterocycles. The molecular weight excluding hydrogens is 328 g/mol. The second-order valence-corrected chi connectivity index (χ2v) is 7.14. The van der Waals surface area contributed by atoms with Crippen LogP contribution in [-0.2, 0) is 0 Å². The highest BCUT2D eigenvalue weighted by atomic mass is 35.5. The van der Waals surface area contributed by atoms with Crippen molar-refractivity contribution >= 4 is 23.1 Å². The number of amidine groups is 1. The van der Waals surface area contributed by atoms with Crippen molar-refractivity contribution in [3.05, 3.63) is 83.5 Å². The SMILES string of the molecule is ClC1C=C(C2CC(C3=CC=CCC3)=NC(c3ccccc3)=N2)C=CC1. The highest BCUT2D eigenvalue weighted by Crippen LogP contribution is 2.28. The second kappa shape index (κ2) is 7.37. The molecule has 2 atom stereocenters. The van der Waals surface area contributed by atoms with E-state index in [1.807, 2.05) is 18.2 Å². The fourth-order valence-electron chi connectivity index (χ4n) is 3.43. The van der Waals surface area contributed by atoms with Gasteiger partial charge in [0.15, 0.2) is 5.84 Å². The largest absolute Gasteiger partial charge is 0.258 e. The van der Waals surface area contributed by atoms with Crippen LogP contribution < -0.4 is 0 Å². The lowest BCUT2D eigenvalue weighted by Crippen LogP contribution is -2.25. The van der Waals surface area contributed by atoms with Crippen LogP contribution in [0.2, 0.25) is 0 Å². The highest BCUT2D eigenvalue weighted by Gasteiger charge is 2.25. The lowest BCUT2D eigenvalue weighted by molar-refractivity contribution is 0.792. The molecule has 0 N–H and O–H groups in total. The van der Waals surface area contributed by atoms with Crippen molar-refractivity contribution in [2.75, 3.05) is 0 Å². The van der Waals surface area contributed by atoms with Crippen LogP contribution in [0.15, 0.2) is 87.9 Å². The van der Waals surface area contributed by atoms with Gasteiger partial charge in [-0.2, -0.15) is 0 Å². The molecule has 2 aliphatic carbocycles. The van der Waals surface area contributed by atoms with Crippen LogP contribution in [0.5, 0.6) is 0 Å². The summed E-state index contributed by atoms with van der Waals surface area (Å²) in [5, 5.41) is 0.0644. The number of rotatable bonds is 3. The summed E-state index contributed by atoms with van der Waals surface area (Å²) in [6.45, 7) is 0. The maximum atomic E-state index is 6.34. The fourth-order valence-corrected chi connectivity index (χ4v) is 3.68. The predicted octanol–water partition coefficient (Wildman–Crippen LogP) is 5.42. The Balaban J connectivity index is 1.73. The van der Waals surface area contributed by atoms with Crippen LogP contribution in [0.1, 0.15) is 31.2 Å². The van der Waals surface area contributed by atoms with Crippen molar-refractivity contribution in [2.24, 2.45) is 9.98 Å². The predicted molar refractivity (Wildman–Crippen MR) is 107 cm³/mol. The van der Waals surface area contributed by atoms with Crippen LogP contribution in [0.3, 0.4) is 0 Å². The first-order chi connectivity index (χ1) is 12.3. The van der Waals surface area contributed by atoms with E-state index in [1.165, 1.54) is 11.1 Å². The molecule has 0 spiro atoms. The molecule has 1 aromatic rings. The molecule has 1 aromatic carbocycles. The molecule has 0 saturated carbocycles.